The van der Waals surface area contributed by atoms with Crippen molar-refractivity contribution in [2.45, 2.75) is 0 Å². The predicted molar refractivity (Wildman–Crippen MR) is 213 cm³/mol. The molecule has 0 saturated carbocycles. The standard InChI is InChI=1S/C47H35N3/c1-2-3-4-5-6-10-23-44(35-26-24-34(25-27-35)39-18-15-32-49-33-39)50-47(48)38-30-28-37(29-31-38)46-42-21-13-11-19-40(42)45(36-16-8-7-9-17-36)41-20-12-14-22-43(41)46/h2-33,48H,1H2/b4-3-,6-5+,23-10+,48-47?,50-44+. The fourth-order valence-corrected chi connectivity index (χ4v) is 6.32. The highest BCUT2D eigenvalue weighted by Gasteiger charge is 2.16. The number of aliphatic imine (C=N–C) groups is 1. The molecule has 0 spiro atoms. The Balaban J connectivity index is 1.26. The number of fused-ring (bicyclic) bond motifs is 2. The van der Waals surface area contributed by atoms with E-state index in [0.717, 1.165) is 27.8 Å². The van der Waals surface area contributed by atoms with E-state index in [-0.39, 0.29) is 5.84 Å². The zero-order valence-corrected chi connectivity index (χ0v) is 27.6. The Bertz CT molecular complexity index is 2360. The predicted octanol–water partition coefficient (Wildman–Crippen LogP) is 12.1. The van der Waals surface area contributed by atoms with Crippen molar-refractivity contribution in [1.29, 1.82) is 5.41 Å². The Morgan fingerprint density at radius 2 is 1.00 bits per heavy atom. The van der Waals surface area contributed by atoms with E-state index in [1.807, 2.05) is 79.1 Å². The topological polar surface area (TPSA) is 49.1 Å². The molecule has 3 heteroatoms. The summed E-state index contributed by atoms with van der Waals surface area (Å²) in [5.74, 6) is 0.192. The smallest absolute Gasteiger partial charge is 0.152 e. The van der Waals surface area contributed by atoms with Crippen molar-refractivity contribution >= 4 is 33.1 Å². The fraction of sp³-hybridized carbons (Fsp3) is 0. The molecule has 0 fully saturated rings. The van der Waals surface area contributed by atoms with Gasteiger partial charge in [0.2, 0.25) is 0 Å². The molecule has 50 heavy (non-hydrogen) atoms. The van der Waals surface area contributed by atoms with E-state index < -0.39 is 0 Å². The van der Waals surface area contributed by atoms with Crippen LogP contribution >= 0.6 is 0 Å². The van der Waals surface area contributed by atoms with Crippen LogP contribution in [0.15, 0.2) is 206 Å². The van der Waals surface area contributed by atoms with E-state index in [1.54, 1.807) is 12.3 Å². The molecule has 3 nitrogen and oxygen atoms in total. The van der Waals surface area contributed by atoms with Crippen molar-refractivity contribution < 1.29 is 0 Å². The first-order valence-corrected chi connectivity index (χ1v) is 16.6. The molecule has 0 radical (unpaired) electrons. The lowest BCUT2D eigenvalue weighted by molar-refractivity contribution is 1.33. The van der Waals surface area contributed by atoms with Crippen LogP contribution in [0.25, 0.3) is 54.9 Å². The highest BCUT2D eigenvalue weighted by Crippen LogP contribution is 2.43. The second-order valence-electron chi connectivity index (χ2n) is 11.8. The van der Waals surface area contributed by atoms with Crippen molar-refractivity contribution in [2.75, 3.05) is 0 Å². The van der Waals surface area contributed by atoms with Gasteiger partial charge in [0.15, 0.2) is 5.84 Å². The van der Waals surface area contributed by atoms with Crippen LogP contribution in [0, 0.1) is 5.41 Å². The molecule has 238 valence electrons. The molecule has 0 aliphatic heterocycles. The first-order valence-electron chi connectivity index (χ1n) is 16.6. The highest BCUT2D eigenvalue weighted by molar-refractivity contribution is 6.21. The van der Waals surface area contributed by atoms with Gasteiger partial charge in [-0.25, -0.2) is 4.99 Å². The zero-order valence-electron chi connectivity index (χ0n) is 27.6. The molecule has 0 saturated heterocycles. The number of allylic oxidation sites excluding steroid dienone is 7. The first kappa shape index (κ1) is 31.9. The van der Waals surface area contributed by atoms with Crippen molar-refractivity contribution in [3.8, 4) is 33.4 Å². The summed E-state index contributed by atoms with van der Waals surface area (Å²) in [7, 11) is 0. The number of nitrogens with one attached hydrogen (secondary N) is 1. The number of aromatic nitrogens is 1. The normalized spacial score (nSPS) is 12.0. The summed E-state index contributed by atoms with van der Waals surface area (Å²) in [6, 6.07) is 48.3. The van der Waals surface area contributed by atoms with E-state index in [1.165, 1.54) is 38.2 Å². The van der Waals surface area contributed by atoms with Crippen LogP contribution in [0.2, 0.25) is 0 Å². The average molecular weight is 642 g/mol. The van der Waals surface area contributed by atoms with Crippen LogP contribution in [0.5, 0.6) is 0 Å². The van der Waals surface area contributed by atoms with Gasteiger partial charge in [0.05, 0.1) is 5.71 Å². The Morgan fingerprint density at radius 1 is 0.500 bits per heavy atom. The molecule has 0 amide bonds. The van der Waals surface area contributed by atoms with Crippen molar-refractivity contribution in [3.63, 3.8) is 0 Å². The monoisotopic (exact) mass is 641 g/mol. The van der Waals surface area contributed by atoms with Gasteiger partial charge < -0.3 is 0 Å². The third-order valence-corrected chi connectivity index (χ3v) is 8.68. The Morgan fingerprint density at radius 3 is 1.58 bits per heavy atom. The van der Waals surface area contributed by atoms with Crippen LogP contribution in [0.3, 0.4) is 0 Å². The van der Waals surface area contributed by atoms with Gasteiger partial charge in [0.25, 0.3) is 0 Å². The average Bonchev–Trinajstić information content (AvgIpc) is 3.18. The molecule has 0 bridgehead atoms. The lowest BCUT2D eigenvalue weighted by Crippen LogP contribution is -2.04. The second kappa shape index (κ2) is 15.0. The van der Waals surface area contributed by atoms with Crippen LogP contribution in [0.1, 0.15) is 11.1 Å². The van der Waals surface area contributed by atoms with Gasteiger partial charge in [-0.15, -0.1) is 0 Å². The summed E-state index contributed by atoms with van der Waals surface area (Å²) in [6.07, 6.45) is 16.9. The third kappa shape index (κ3) is 6.80. The Kier molecular flexibility index (Phi) is 9.57. The van der Waals surface area contributed by atoms with Gasteiger partial charge in [-0.05, 0) is 67.1 Å². The minimum Gasteiger partial charge on any atom is -0.282 e. The number of amidine groups is 1. The molecule has 1 aromatic heterocycles. The summed E-state index contributed by atoms with van der Waals surface area (Å²) in [6.45, 7) is 3.72. The summed E-state index contributed by atoms with van der Waals surface area (Å²) in [4.78, 5) is 9.09. The van der Waals surface area contributed by atoms with Crippen molar-refractivity contribution in [1.82, 2.24) is 4.98 Å². The number of pyridine rings is 1. The minimum absolute atomic E-state index is 0.192. The summed E-state index contributed by atoms with van der Waals surface area (Å²) in [5, 5.41) is 13.9. The van der Waals surface area contributed by atoms with Crippen LogP contribution in [-0.4, -0.2) is 16.5 Å². The summed E-state index contributed by atoms with van der Waals surface area (Å²) in [5.41, 5.74) is 9.21. The quantitative estimate of drug-likeness (QED) is 0.0725. The fourth-order valence-electron chi connectivity index (χ4n) is 6.32. The number of hydrogen-bond acceptors (Lipinski definition) is 2. The van der Waals surface area contributed by atoms with Gasteiger partial charge >= 0.3 is 0 Å². The zero-order chi connectivity index (χ0) is 34.1. The molecular weight excluding hydrogens is 607 g/mol. The van der Waals surface area contributed by atoms with E-state index in [9.17, 15) is 0 Å². The number of nitrogens with zero attached hydrogens (tertiary/aromatic N) is 2. The molecule has 1 N–H and O–H groups in total. The number of rotatable bonds is 9. The summed E-state index contributed by atoms with van der Waals surface area (Å²) < 4.78 is 0. The minimum atomic E-state index is 0.192. The Labute approximate surface area is 293 Å². The van der Waals surface area contributed by atoms with Gasteiger partial charge in [0, 0.05) is 23.5 Å². The van der Waals surface area contributed by atoms with Crippen molar-refractivity contribution in [3.05, 3.63) is 212 Å². The van der Waals surface area contributed by atoms with Crippen LogP contribution < -0.4 is 0 Å². The Hall–Kier alpha value is -6.71. The van der Waals surface area contributed by atoms with Crippen molar-refractivity contribution in [2.24, 2.45) is 4.99 Å². The van der Waals surface area contributed by atoms with E-state index in [0.29, 0.717) is 5.71 Å². The van der Waals surface area contributed by atoms with Crippen LogP contribution in [-0.2, 0) is 0 Å². The SMILES string of the molecule is C=C\C=C/C=C/C=C/C(=N\C(=N)c1ccc(-c2c3ccccc3c(-c3ccccc3)c3ccccc23)cc1)c1ccc(-c2cccnc2)cc1. The van der Waals surface area contributed by atoms with Gasteiger partial charge in [-0.2, -0.15) is 0 Å². The van der Waals surface area contributed by atoms with Gasteiger partial charge in [-0.1, -0.05) is 176 Å². The number of hydrogen-bond donors (Lipinski definition) is 1. The van der Waals surface area contributed by atoms with E-state index in [4.69, 9.17) is 10.4 Å². The second-order valence-corrected chi connectivity index (χ2v) is 11.8. The van der Waals surface area contributed by atoms with Gasteiger partial charge in [-0.3, -0.25) is 10.4 Å². The molecule has 0 aliphatic carbocycles. The lowest BCUT2D eigenvalue weighted by Gasteiger charge is -2.17. The molecule has 0 aliphatic rings. The molecular formula is C47H35N3. The lowest BCUT2D eigenvalue weighted by atomic mass is 9.86. The molecule has 6 aromatic carbocycles. The maximum Gasteiger partial charge on any atom is 0.152 e. The molecule has 1 heterocycles. The van der Waals surface area contributed by atoms with E-state index >= 15 is 0 Å². The molecule has 7 aromatic rings. The van der Waals surface area contributed by atoms with E-state index in [2.05, 4.69) is 115 Å². The molecule has 0 unspecified atom stereocenters. The molecule has 0 atom stereocenters. The summed E-state index contributed by atoms with van der Waals surface area (Å²) >= 11 is 0. The third-order valence-electron chi connectivity index (χ3n) is 8.68. The van der Waals surface area contributed by atoms with Crippen LogP contribution in [0.4, 0.5) is 0 Å². The number of benzene rings is 6. The first-order chi connectivity index (χ1) is 24.7. The maximum atomic E-state index is 9.05. The maximum absolute atomic E-state index is 9.05. The highest BCUT2D eigenvalue weighted by atomic mass is 14.8. The molecule has 7 rings (SSSR count). The van der Waals surface area contributed by atoms with Gasteiger partial charge in [0.1, 0.15) is 0 Å². The largest absolute Gasteiger partial charge is 0.282 e.